The van der Waals surface area contributed by atoms with Crippen LogP contribution in [0.2, 0.25) is 0 Å². The number of carboxylic acid groups (broad SMARTS) is 1. The normalized spacial score (nSPS) is 10.6. The third kappa shape index (κ3) is 15.4. The van der Waals surface area contributed by atoms with E-state index in [0.29, 0.717) is 6.61 Å². The van der Waals surface area contributed by atoms with Gasteiger partial charge in [0.2, 0.25) is 0 Å². The number of hydrogen-bond acceptors (Lipinski definition) is 3. The van der Waals surface area contributed by atoms with Gasteiger partial charge in [0.1, 0.15) is 0 Å². The zero-order valence-electron chi connectivity index (χ0n) is 11.0. The Bertz CT molecular complexity index is 169. The molecule has 0 rings (SSSR count). The molecule has 0 heterocycles. The van der Waals surface area contributed by atoms with Crippen LogP contribution in [-0.2, 0) is 4.79 Å². The van der Waals surface area contributed by atoms with Gasteiger partial charge in [0.15, 0.2) is 0 Å². The average molecular weight is 243 g/mol. The molecule has 3 heteroatoms. The summed E-state index contributed by atoms with van der Waals surface area (Å²) in [5.74, 6) is -0.923. The summed E-state index contributed by atoms with van der Waals surface area (Å²) in [4.78, 5) is 10.2. The molecule has 0 aliphatic heterocycles. The van der Waals surface area contributed by atoms with Crippen molar-refractivity contribution in [3.8, 4) is 0 Å². The summed E-state index contributed by atoms with van der Waals surface area (Å²) in [7, 11) is 0. The van der Waals surface area contributed by atoms with Crippen molar-refractivity contribution in [2.45, 2.75) is 77.0 Å². The maximum absolute atomic E-state index is 10.2. The van der Waals surface area contributed by atoms with Crippen molar-refractivity contribution >= 4 is 5.97 Å². The molecule has 0 bridgehead atoms. The SMILES string of the molecule is O=C([O-])CCCCCCCCCCCCCO. The average Bonchev–Trinajstić information content (AvgIpc) is 2.30. The van der Waals surface area contributed by atoms with Gasteiger partial charge < -0.3 is 15.0 Å². The van der Waals surface area contributed by atoms with Crippen LogP contribution >= 0.6 is 0 Å². The third-order valence-corrected chi connectivity index (χ3v) is 3.04. The molecule has 0 saturated heterocycles. The van der Waals surface area contributed by atoms with Gasteiger partial charge in [-0.05, 0) is 19.3 Å². The number of carboxylic acids is 1. The minimum Gasteiger partial charge on any atom is -0.550 e. The predicted molar refractivity (Wildman–Crippen MR) is 67.5 cm³/mol. The van der Waals surface area contributed by atoms with Gasteiger partial charge in [0, 0.05) is 12.6 Å². The molecule has 0 amide bonds. The lowest BCUT2D eigenvalue weighted by Gasteiger charge is -2.03. The molecule has 0 aromatic heterocycles. The standard InChI is InChI=1S/C14H28O3/c15-13-11-9-7-5-3-1-2-4-6-8-10-12-14(16)17/h15H,1-13H2,(H,16,17)/p-1. The lowest BCUT2D eigenvalue weighted by Crippen LogP contribution is -2.21. The topological polar surface area (TPSA) is 60.4 Å². The minimum absolute atomic E-state index is 0.213. The van der Waals surface area contributed by atoms with E-state index in [2.05, 4.69) is 0 Å². The lowest BCUT2D eigenvalue weighted by molar-refractivity contribution is -0.305. The number of rotatable bonds is 13. The van der Waals surface area contributed by atoms with E-state index in [1.165, 1.54) is 38.5 Å². The number of aliphatic hydroxyl groups is 1. The van der Waals surface area contributed by atoms with Crippen LogP contribution in [0.25, 0.3) is 0 Å². The smallest absolute Gasteiger partial charge is 0.0431 e. The Morgan fingerprint density at radius 1 is 0.706 bits per heavy atom. The van der Waals surface area contributed by atoms with E-state index in [1.54, 1.807) is 0 Å². The highest BCUT2D eigenvalue weighted by atomic mass is 16.4. The highest BCUT2D eigenvalue weighted by Crippen LogP contribution is 2.11. The molecule has 1 N–H and O–H groups in total. The molecular weight excluding hydrogens is 216 g/mol. The van der Waals surface area contributed by atoms with E-state index >= 15 is 0 Å². The Hall–Kier alpha value is -0.570. The van der Waals surface area contributed by atoms with Crippen LogP contribution in [0, 0.1) is 0 Å². The highest BCUT2D eigenvalue weighted by Gasteiger charge is 1.93. The second kappa shape index (κ2) is 13.5. The minimum atomic E-state index is -0.923. The molecule has 0 spiro atoms. The molecule has 17 heavy (non-hydrogen) atoms. The fourth-order valence-electron chi connectivity index (χ4n) is 1.97. The summed E-state index contributed by atoms with van der Waals surface area (Å²) < 4.78 is 0. The van der Waals surface area contributed by atoms with Crippen LogP contribution in [0.4, 0.5) is 0 Å². The van der Waals surface area contributed by atoms with Crippen molar-refractivity contribution in [3.63, 3.8) is 0 Å². The zero-order valence-corrected chi connectivity index (χ0v) is 11.0. The van der Waals surface area contributed by atoms with Crippen molar-refractivity contribution in [2.24, 2.45) is 0 Å². The molecule has 0 atom stereocenters. The van der Waals surface area contributed by atoms with Crippen LogP contribution in [0.5, 0.6) is 0 Å². The van der Waals surface area contributed by atoms with Crippen LogP contribution in [0.15, 0.2) is 0 Å². The maximum Gasteiger partial charge on any atom is 0.0431 e. The number of hydrogen-bond donors (Lipinski definition) is 1. The number of carbonyl (C=O) groups is 1. The molecule has 3 nitrogen and oxygen atoms in total. The second-order valence-corrected chi connectivity index (χ2v) is 4.73. The summed E-state index contributed by atoms with van der Waals surface area (Å²) >= 11 is 0. The summed E-state index contributed by atoms with van der Waals surface area (Å²) in [5.41, 5.74) is 0. The predicted octanol–water partition coefficient (Wildman–Crippen LogP) is 2.41. The maximum atomic E-state index is 10.2. The molecule has 0 fully saturated rings. The van der Waals surface area contributed by atoms with E-state index in [9.17, 15) is 9.90 Å². The first-order valence-corrected chi connectivity index (χ1v) is 7.08. The van der Waals surface area contributed by atoms with Gasteiger partial charge in [-0.2, -0.15) is 0 Å². The first-order chi connectivity index (χ1) is 8.27. The number of aliphatic carboxylic acids is 1. The van der Waals surface area contributed by atoms with Gasteiger partial charge in [-0.25, -0.2) is 0 Å². The van der Waals surface area contributed by atoms with E-state index in [0.717, 1.165) is 32.1 Å². The van der Waals surface area contributed by atoms with Crippen LogP contribution < -0.4 is 5.11 Å². The second-order valence-electron chi connectivity index (χ2n) is 4.73. The molecule has 0 aliphatic carbocycles. The number of unbranched alkanes of at least 4 members (excludes halogenated alkanes) is 10. The lowest BCUT2D eigenvalue weighted by atomic mass is 10.1. The third-order valence-electron chi connectivity index (χ3n) is 3.04. The monoisotopic (exact) mass is 243 g/mol. The van der Waals surface area contributed by atoms with Gasteiger partial charge in [-0.1, -0.05) is 57.8 Å². The first kappa shape index (κ1) is 16.4. The molecule has 102 valence electrons. The van der Waals surface area contributed by atoms with E-state index < -0.39 is 5.97 Å². The van der Waals surface area contributed by atoms with Crippen molar-refractivity contribution < 1.29 is 15.0 Å². The van der Waals surface area contributed by atoms with Crippen molar-refractivity contribution in [3.05, 3.63) is 0 Å². The molecule has 0 aromatic carbocycles. The molecule has 0 aliphatic rings. The van der Waals surface area contributed by atoms with Crippen LogP contribution in [0.3, 0.4) is 0 Å². The summed E-state index contributed by atoms with van der Waals surface area (Å²) in [6.07, 6.45) is 12.9. The highest BCUT2D eigenvalue weighted by molar-refractivity contribution is 5.63. The largest absolute Gasteiger partial charge is 0.550 e. The molecule has 0 radical (unpaired) electrons. The summed E-state index contributed by atoms with van der Waals surface area (Å²) in [5, 5.41) is 18.8. The van der Waals surface area contributed by atoms with Crippen LogP contribution in [0.1, 0.15) is 77.0 Å². The Morgan fingerprint density at radius 2 is 1.06 bits per heavy atom. The Labute approximate surface area is 105 Å². The van der Waals surface area contributed by atoms with Gasteiger partial charge in [0.05, 0.1) is 0 Å². The summed E-state index contributed by atoms with van der Waals surface area (Å²) in [6, 6.07) is 0. The zero-order chi connectivity index (χ0) is 12.8. The van der Waals surface area contributed by atoms with Gasteiger partial charge in [0.25, 0.3) is 0 Å². The number of aliphatic hydroxyl groups excluding tert-OH is 1. The molecular formula is C14H27O3-. The van der Waals surface area contributed by atoms with Crippen molar-refractivity contribution in [1.82, 2.24) is 0 Å². The Kier molecular flexibility index (Phi) is 13.0. The van der Waals surface area contributed by atoms with Gasteiger partial charge in [-0.15, -0.1) is 0 Å². The van der Waals surface area contributed by atoms with E-state index in [-0.39, 0.29) is 6.42 Å². The van der Waals surface area contributed by atoms with Crippen LogP contribution in [-0.4, -0.2) is 17.7 Å². The van der Waals surface area contributed by atoms with E-state index in [1.807, 2.05) is 0 Å². The van der Waals surface area contributed by atoms with E-state index in [4.69, 9.17) is 5.11 Å². The van der Waals surface area contributed by atoms with Crippen molar-refractivity contribution in [2.75, 3.05) is 6.61 Å². The fourth-order valence-corrected chi connectivity index (χ4v) is 1.97. The Balaban J connectivity index is 2.91. The number of carbonyl (C=O) groups excluding carboxylic acids is 1. The molecule has 0 aromatic rings. The Morgan fingerprint density at radius 3 is 1.41 bits per heavy atom. The molecule has 0 saturated carbocycles. The molecule has 0 unspecified atom stereocenters. The fraction of sp³-hybridized carbons (Fsp3) is 0.929. The van der Waals surface area contributed by atoms with Gasteiger partial charge in [-0.3, -0.25) is 0 Å². The first-order valence-electron chi connectivity index (χ1n) is 7.08. The summed E-state index contributed by atoms with van der Waals surface area (Å²) in [6.45, 7) is 0.325. The van der Waals surface area contributed by atoms with Crippen molar-refractivity contribution in [1.29, 1.82) is 0 Å². The van der Waals surface area contributed by atoms with Gasteiger partial charge >= 0.3 is 0 Å². The quantitative estimate of drug-likeness (QED) is 0.505.